The number of rotatable bonds is 6. The maximum Gasteiger partial charge on any atom is 0.220 e. The summed E-state index contributed by atoms with van der Waals surface area (Å²) in [7, 11) is 0. The van der Waals surface area contributed by atoms with Gasteiger partial charge >= 0.3 is 0 Å². The minimum atomic E-state index is 0.276. The maximum atomic E-state index is 11.6. The largest absolute Gasteiger partial charge is 0.353 e. The zero-order valence-corrected chi connectivity index (χ0v) is 10.1. The first-order valence-corrected chi connectivity index (χ1v) is 6.62. The molecule has 0 atom stereocenters. The zero-order chi connectivity index (χ0) is 10.9. The van der Waals surface area contributed by atoms with Crippen molar-refractivity contribution >= 4 is 5.91 Å². The van der Waals surface area contributed by atoms with Crippen molar-refractivity contribution in [3.05, 3.63) is 0 Å². The van der Waals surface area contributed by atoms with Crippen LogP contribution < -0.4 is 5.32 Å². The number of hydrogen-bond acceptors (Lipinski definition) is 1. The lowest BCUT2D eigenvalue weighted by Crippen LogP contribution is -2.35. The molecule has 1 saturated carbocycles. The van der Waals surface area contributed by atoms with Crippen molar-refractivity contribution in [2.24, 2.45) is 0 Å². The molecule has 0 radical (unpaired) electrons. The lowest BCUT2D eigenvalue weighted by Gasteiger charge is -2.22. The number of hydrogen-bond donors (Lipinski definition) is 1. The van der Waals surface area contributed by atoms with Gasteiger partial charge in [0, 0.05) is 12.5 Å². The Balaban J connectivity index is 2.01. The predicted molar refractivity (Wildman–Crippen MR) is 63.8 cm³/mol. The summed E-state index contributed by atoms with van der Waals surface area (Å²) in [6.07, 6.45) is 11.8. The SMILES string of the molecule is CCCCCCC(=O)NC1CCCCC1. The summed E-state index contributed by atoms with van der Waals surface area (Å²) in [6, 6.07) is 0.484. The van der Waals surface area contributed by atoms with Crippen LogP contribution >= 0.6 is 0 Å². The van der Waals surface area contributed by atoms with Crippen LogP contribution in [0.2, 0.25) is 0 Å². The molecule has 0 bridgehead atoms. The quantitative estimate of drug-likeness (QED) is 0.670. The molecule has 1 rings (SSSR count). The highest BCUT2D eigenvalue weighted by Gasteiger charge is 2.14. The molecule has 1 N–H and O–H groups in total. The summed E-state index contributed by atoms with van der Waals surface area (Å²) in [5, 5.41) is 3.16. The fourth-order valence-corrected chi connectivity index (χ4v) is 2.26. The second-order valence-corrected chi connectivity index (χ2v) is 4.71. The van der Waals surface area contributed by atoms with Crippen LogP contribution in [0.3, 0.4) is 0 Å². The Morgan fingerprint density at radius 3 is 2.53 bits per heavy atom. The molecule has 0 saturated heterocycles. The third kappa shape index (κ3) is 5.81. The summed E-state index contributed by atoms with van der Waals surface area (Å²) in [4.78, 5) is 11.6. The van der Waals surface area contributed by atoms with Gasteiger partial charge in [-0.05, 0) is 19.3 Å². The molecular formula is C13H25NO. The van der Waals surface area contributed by atoms with Crippen LogP contribution in [0.1, 0.15) is 71.1 Å². The minimum absolute atomic E-state index is 0.276. The standard InChI is InChI=1S/C13H25NO/c1-2-3-4-8-11-13(15)14-12-9-6-5-7-10-12/h12H,2-11H2,1H3,(H,14,15). The number of nitrogens with one attached hydrogen (secondary N) is 1. The van der Waals surface area contributed by atoms with Gasteiger partial charge in [0.2, 0.25) is 5.91 Å². The van der Waals surface area contributed by atoms with E-state index >= 15 is 0 Å². The van der Waals surface area contributed by atoms with Crippen molar-refractivity contribution in [3.63, 3.8) is 0 Å². The van der Waals surface area contributed by atoms with Crippen molar-refractivity contribution in [2.45, 2.75) is 77.2 Å². The highest BCUT2D eigenvalue weighted by molar-refractivity contribution is 5.76. The highest BCUT2D eigenvalue weighted by atomic mass is 16.1. The molecule has 2 heteroatoms. The van der Waals surface area contributed by atoms with E-state index in [0.717, 1.165) is 12.8 Å². The number of amides is 1. The molecule has 15 heavy (non-hydrogen) atoms. The first-order valence-electron chi connectivity index (χ1n) is 6.62. The summed E-state index contributed by atoms with van der Waals surface area (Å²) in [6.45, 7) is 2.20. The topological polar surface area (TPSA) is 29.1 Å². The van der Waals surface area contributed by atoms with E-state index in [1.54, 1.807) is 0 Å². The number of unbranched alkanes of at least 4 members (excludes halogenated alkanes) is 3. The van der Waals surface area contributed by atoms with Crippen LogP contribution in [0.15, 0.2) is 0 Å². The van der Waals surface area contributed by atoms with Crippen LogP contribution in [0.5, 0.6) is 0 Å². The lowest BCUT2D eigenvalue weighted by atomic mass is 9.95. The molecule has 0 unspecified atom stereocenters. The van der Waals surface area contributed by atoms with Crippen LogP contribution in [0.25, 0.3) is 0 Å². The van der Waals surface area contributed by atoms with Gasteiger partial charge in [0.1, 0.15) is 0 Å². The Kier molecular flexibility index (Phi) is 6.45. The summed E-state index contributed by atoms with van der Waals surface area (Å²) in [5.74, 6) is 0.276. The normalized spacial score (nSPS) is 17.7. The molecule has 0 aromatic rings. The highest BCUT2D eigenvalue weighted by Crippen LogP contribution is 2.17. The van der Waals surface area contributed by atoms with Crippen molar-refractivity contribution in [3.8, 4) is 0 Å². The fraction of sp³-hybridized carbons (Fsp3) is 0.923. The third-order valence-electron chi connectivity index (χ3n) is 3.23. The van der Waals surface area contributed by atoms with Gasteiger partial charge in [-0.1, -0.05) is 45.4 Å². The molecule has 88 valence electrons. The van der Waals surface area contributed by atoms with Gasteiger partial charge in [0.15, 0.2) is 0 Å². The second-order valence-electron chi connectivity index (χ2n) is 4.71. The smallest absolute Gasteiger partial charge is 0.220 e. The molecule has 1 aliphatic carbocycles. The Morgan fingerprint density at radius 1 is 1.13 bits per heavy atom. The molecule has 0 spiro atoms. The van der Waals surface area contributed by atoms with Crippen molar-refractivity contribution in [1.82, 2.24) is 5.32 Å². The van der Waals surface area contributed by atoms with Gasteiger partial charge in [-0.25, -0.2) is 0 Å². The maximum absolute atomic E-state index is 11.6. The van der Waals surface area contributed by atoms with Crippen molar-refractivity contribution in [1.29, 1.82) is 0 Å². The Hall–Kier alpha value is -0.530. The van der Waals surface area contributed by atoms with Crippen LogP contribution in [-0.2, 0) is 4.79 Å². The molecule has 1 amide bonds. The molecule has 0 aliphatic heterocycles. The van der Waals surface area contributed by atoms with E-state index in [2.05, 4.69) is 12.2 Å². The van der Waals surface area contributed by atoms with E-state index in [0.29, 0.717) is 6.04 Å². The van der Waals surface area contributed by atoms with Gasteiger partial charge in [-0.2, -0.15) is 0 Å². The van der Waals surface area contributed by atoms with Crippen molar-refractivity contribution < 1.29 is 4.79 Å². The lowest BCUT2D eigenvalue weighted by molar-refractivity contribution is -0.122. The summed E-state index contributed by atoms with van der Waals surface area (Å²) < 4.78 is 0. The van der Waals surface area contributed by atoms with Crippen LogP contribution in [0.4, 0.5) is 0 Å². The van der Waals surface area contributed by atoms with E-state index in [1.165, 1.54) is 51.4 Å². The molecule has 1 aliphatic rings. The summed E-state index contributed by atoms with van der Waals surface area (Å²) >= 11 is 0. The number of carbonyl (C=O) groups is 1. The third-order valence-corrected chi connectivity index (χ3v) is 3.23. The Bertz CT molecular complexity index is 173. The average Bonchev–Trinajstić information content (AvgIpc) is 2.26. The van der Waals surface area contributed by atoms with E-state index in [4.69, 9.17) is 0 Å². The first-order chi connectivity index (χ1) is 7.33. The van der Waals surface area contributed by atoms with Gasteiger partial charge in [0.05, 0.1) is 0 Å². The Labute approximate surface area is 93.8 Å². The number of carbonyl (C=O) groups excluding carboxylic acids is 1. The second kappa shape index (κ2) is 7.72. The molecule has 0 aromatic heterocycles. The van der Waals surface area contributed by atoms with Crippen molar-refractivity contribution in [2.75, 3.05) is 0 Å². The van der Waals surface area contributed by atoms with E-state index in [9.17, 15) is 4.79 Å². The molecule has 1 fully saturated rings. The zero-order valence-electron chi connectivity index (χ0n) is 10.1. The molecule has 0 heterocycles. The molecular weight excluding hydrogens is 186 g/mol. The molecule has 0 aromatic carbocycles. The van der Waals surface area contributed by atoms with Crippen LogP contribution in [-0.4, -0.2) is 11.9 Å². The van der Waals surface area contributed by atoms with Gasteiger partial charge in [0.25, 0.3) is 0 Å². The Morgan fingerprint density at radius 2 is 1.87 bits per heavy atom. The average molecular weight is 211 g/mol. The fourth-order valence-electron chi connectivity index (χ4n) is 2.26. The monoisotopic (exact) mass is 211 g/mol. The summed E-state index contributed by atoms with van der Waals surface area (Å²) in [5.41, 5.74) is 0. The van der Waals surface area contributed by atoms with E-state index < -0.39 is 0 Å². The van der Waals surface area contributed by atoms with E-state index in [-0.39, 0.29) is 5.91 Å². The minimum Gasteiger partial charge on any atom is -0.353 e. The molecule has 2 nitrogen and oxygen atoms in total. The van der Waals surface area contributed by atoms with Gasteiger partial charge in [-0.3, -0.25) is 4.79 Å². The van der Waals surface area contributed by atoms with E-state index in [1.807, 2.05) is 0 Å². The first kappa shape index (κ1) is 12.5. The van der Waals surface area contributed by atoms with Crippen LogP contribution in [0, 0.1) is 0 Å². The predicted octanol–water partition coefficient (Wildman–Crippen LogP) is 3.41. The van der Waals surface area contributed by atoms with Gasteiger partial charge < -0.3 is 5.32 Å². The van der Waals surface area contributed by atoms with Gasteiger partial charge in [-0.15, -0.1) is 0 Å².